The summed E-state index contributed by atoms with van der Waals surface area (Å²) in [6.45, 7) is 4.02. The summed E-state index contributed by atoms with van der Waals surface area (Å²) < 4.78 is 30.0. The van der Waals surface area contributed by atoms with Gasteiger partial charge in [0.2, 0.25) is 0 Å². The number of hydrogen-bond acceptors (Lipinski definition) is 7. The van der Waals surface area contributed by atoms with E-state index in [-0.39, 0.29) is 11.3 Å². The van der Waals surface area contributed by atoms with E-state index in [4.69, 9.17) is 9.72 Å². The highest BCUT2D eigenvalue weighted by Crippen LogP contribution is 2.50. The Hall–Kier alpha value is -3.21. The van der Waals surface area contributed by atoms with E-state index in [0.29, 0.717) is 45.1 Å². The van der Waals surface area contributed by atoms with Gasteiger partial charge in [0, 0.05) is 49.6 Å². The first kappa shape index (κ1) is 22.0. The smallest absolute Gasteiger partial charge is 0.261 e. The second kappa shape index (κ2) is 8.38. The summed E-state index contributed by atoms with van der Waals surface area (Å²) in [6.07, 6.45) is 6.65. The molecule has 0 aliphatic rings. The predicted molar refractivity (Wildman–Crippen MR) is 125 cm³/mol. The molecule has 9 nitrogen and oxygen atoms in total. The third-order valence-electron chi connectivity index (χ3n) is 5.20. The van der Waals surface area contributed by atoms with Crippen molar-refractivity contribution in [2.24, 2.45) is 14.1 Å². The average molecular weight is 456 g/mol. The van der Waals surface area contributed by atoms with Crippen LogP contribution >= 0.6 is 10.6 Å². The quantitative estimate of drug-likeness (QED) is 0.453. The van der Waals surface area contributed by atoms with Crippen LogP contribution in [0.15, 0.2) is 52.7 Å². The molecule has 32 heavy (non-hydrogen) atoms. The molecule has 4 aromatic rings. The largest absolute Gasteiger partial charge is 0.493 e. The Kier molecular flexibility index (Phi) is 5.76. The van der Waals surface area contributed by atoms with E-state index in [1.807, 2.05) is 6.92 Å². The topological polar surface area (TPSA) is 115 Å². The number of benzene rings is 1. The molecule has 10 heteroatoms. The summed E-state index contributed by atoms with van der Waals surface area (Å²) in [5.41, 5.74) is 2.20. The van der Waals surface area contributed by atoms with E-state index < -0.39 is 10.6 Å². The first-order valence-corrected chi connectivity index (χ1v) is 11.8. The summed E-state index contributed by atoms with van der Waals surface area (Å²) in [6, 6.07) is 5.08. The zero-order valence-electron chi connectivity index (χ0n) is 18.3. The van der Waals surface area contributed by atoms with Crippen LogP contribution in [0, 0.1) is 0 Å². The molecule has 0 unspecified atom stereocenters. The van der Waals surface area contributed by atoms with Crippen LogP contribution in [0.5, 0.6) is 5.75 Å². The van der Waals surface area contributed by atoms with E-state index in [9.17, 15) is 13.9 Å². The molecule has 0 aliphatic carbocycles. The van der Waals surface area contributed by atoms with Crippen molar-refractivity contribution in [2.45, 2.75) is 18.7 Å². The molecule has 3 heterocycles. The second-order valence-electron chi connectivity index (χ2n) is 7.36. The van der Waals surface area contributed by atoms with Gasteiger partial charge in [0.1, 0.15) is 5.75 Å². The van der Waals surface area contributed by atoms with Gasteiger partial charge in [0.15, 0.2) is 5.82 Å². The molecular weight excluding hydrogens is 430 g/mol. The second-order valence-corrected chi connectivity index (χ2v) is 9.75. The van der Waals surface area contributed by atoms with Gasteiger partial charge in [-0.25, -0.2) is 9.97 Å². The van der Waals surface area contributed by atoms with E-state index >= 15 is 0 Å². The summed E-state index contributed by atoms with van der Waals surface area (Å²) in [5.74, 6) is 1.19. The lowest BCUT2D eigenvalue weighted by Crippen LogP contribution is -2.17. The molecule has 168 valence electrons. The fraction of sp³-hybridized carbons (Fsp3) is 0.273. The van der Waals surface area contributed by atoms with Crippen LogP contribution in [0.1, 0.15) is 13.8 Å². The van der Waals surface area contributed by atoms with E-state index in [2.05, 4.69) is 10.1 Å². The van der Waals surface area contributed by atoms with Crippen molar-refractivity contribution in [3.63, 3.8) is 0 Å². The van der Waals surface area contributed by atoms with Crippen molar-refractivity contribution >= 4 is 21.5 Å². The maximum absolute atomic E-state index is 12.8. The molecule has 0 aliphatic heterocycles. The molecule has 0 fully saturated rings. The molecule has 2 N–H and O–H groups in total. The lowest BCUT2D eigenvalue weighted by Gasteiger charge is -2.31. The molecular formula is C22H25N5O4S. The average Bonchev–Trinajstić information content (AvgIpc) is 3.22. The fourth-order valence-corrected chi connectivity index (χ4v) is 4.42. The van der Waals surface area contributed by atoms with E-state index in [1.165, 1.54) is 10.8 Å². The zero-order chi connectivity index (χ0) is 23.0. The highest BCUT2D eigenvalue weighted by atomic mass is 32.3. The van der Waals surface area contributed by atoms with Crippen LogP contribution in [0.3, 0.4) is 0 Å². The van der Waals surface area contributed by atoms with Gasteiger partial charge in [-0.1, -0.05) is 0 Å². The SMILES string of the molecule is CCOc1ccc(S(O)(O)CC)cc1-c1cn(C)c(=O)c2cnc(-c3cnn(C)c3)nc12. The Bertz CT molecular complexity index is 1360. The summed E-state index contributed by atoms with van der Waals surface area (Å²) in [7, 11) is 0.512. The highest BCUT2D eigenvalue weighted by Gasteiger charge is 2.20. The van der Waals surface area contributed by atoms with Crippen LogP contribution < -0.4 is 10.3 Å². The molecule has 0 saturated carbocycles. The van der Waals surface area contributed by atoms with Gasteiger partial charge in [-0.2, -0.15) is 15.7 Å². The minimum atomic E-state index is -2.95. The van der Waals surface area contributed by atoms with E-state index in [0.717, 1.165) is 5.56 Å². The number of ether oxygens (including phenoxy) is 1. The number of nitrogens with zero attached hydrogens (tertiary/aromatic N) is 5. The Balaban J connectivity index is 2.04. The highest BCUT2D eigenvalue weighted by molar-refractivity contribution is 8.24. The maximum atomic E-state index is 12.8. The van der Waals surface area contributed by atoms with Crippen LogP contribution in [0.2, 0.25) is 0 Å². The van der Waals surface area contributed by atoms with Crippen molar-refractivity contribution in [3.05, 3.63) is 53.3 Å². The van der Waals surface area contributed by atoms with Gasteiger partial charge >= 0.3 is 0 Å². The van der Waals surface area contributed by atoms with Crippen molar-refractivity contribution in [2.75, 3.05) is 12.4 Å². The van der Waals surface area contributed by atoms with Gasteiger partial charge in [0.05, 0.1) is 34.2 Å². The standard InChI is InChI=1S/C22H25N5O4S/c1-5-31-19-8-7-15(32(29,30)6-2)9-16(19)18-13-26(3)22(28)17-11-23-21(25-20(17)18)14-10-24-27(4)12-14/h7-13,29-30H,5-6H2,1-4H3. The monoisotopic (exact) mass is 455 g/mol. The summed E-state index contributed by atoms with van der Waals surface area (Å²) in [4.78, 5) is 22.3. The van der Waals surface area contributed by atoms with Crippen LogP contribution in [-0.2, 0) is 14.1 Å². The maximum Gasteiger partial charge on any atom is 0.261 e. The molecule has 0 amide bonds. The first-order valence-electron chi connectivity index (χ1n) is 10.1. The number of aromatic nitrogens is 5. The third-order valence-corrected chi connectivity index (χ3v) is 7.02. The lowest BCUT2D eigenvalue weighted by molar-refractivity contribution is 0.341. The molecule has 0 spiro atoms. The molecule has 0 bridgehead atoms. The number of pyridine rings is 1. The predicted octanol–water partition coefficient (Wildman–Crippen LogP) is 3.92. The Morgan fingerprint density at radius 1 is 1.09 bits per heavy atom. The summed E-state index contributed by atoms with van der Waals surface area (Å²) >= 11 is 0. The first-order chi connectivity index (χ1) is 15.2. The van der Waals surface area contributed by atoms with Crippen LogP contribution in [0.4, 0.5) is 0 Å². The third kappa shape index (κ3) is 3.88. The number of rotatable bonds is 6. The fourth-order valence-electron chi connectivity index (χ4n) is 3.49. The van der Waals surface area contributed by atoms with Gasteiger partial charge < -0.3 is 9.30 Å². The van der Waals surface area contributed by atoms with E-state index in [1.54, 1.807) is 62.5 Å². The zero-order valence-corrected chi connectivity index (χ0v) is 19.1. The van der Waals surface area contributed by atoms with Crippen molar-refractivity contribution in [1.82, 2.24) is 24.3 Å². The number of fused-ring (bicyclic) bond motifs is 1. The number of hydrogen-bond donors (Lipinski definition) is 2. The Morgan fingerprint density at radius 2 is 1.88 bits per heavy atom. The molecule has 4 rings (SSSR count). The molecule has 3 aromatic heterocycles. The minimum Gasteiger partial charge on any atom is -0.493 e. The van der Waals surface area contributed by atoms with Gasteiger partial charge in [-0.15, -0.1) is 0 Å². The van der Waals surface area contributed by atoms with Gasteiger partial charge in [-0.3, -0.25) is 18.6 Å². The number of aryl methyl sites for hydroxylation is 2. The van der Waals surface area contributed by atoms with Gasteiger partial charge in [0.25, 0.3) is 5.56 Å². The van der Waals surface area contributed by atoms with Crippen molar-refractivity contribution < 1.29 is 13.8 Å². The normalized spacial score (nSPS) is 12.3. The van der Waals surface area contributed by atoms with Gasteiger partial charge in [-0.05, 0) is 32.0 Å². The Morgan fingerprint density at radius 3 is 2.53 bits per heavy atom. The van der Waals surface area contributed by atoms with Crippen LogP contribution in [0.25, 0.3) is 33.4 Å². The van der Waals surface area contributed by atoms with Crippen molar-refractivity contribution in [3.8, 4) is 28.3 Å². The van der Waals surface area contributed by atoms with Crippen molar-refractivity contribution in [1.29, 1.82) is 0 Å². The minimum absolute atomic E-state index is 0.196. The summed E-state index contributed by atoms with van der Waals surface area (Å²) in [5, 5.41) is 4.52. The lowest BCUT2D eigenvalue weighted by atomic mass is 10.0. The van der Waals surface area contributed by atoms with Crippen LogP contribution in [-0.4, -0.2) is 45.8 Å². The molecule has 0 radical (unpaired) electrons. The molecule has 1 aromatic carbocycles. The molecule has 0 saturated heterocycles. The molecule has 0 atom stereocenters. The Labute approximate surface area is 186 Å².